The molecule has 0 saturated carbocycles. The van der Waals surface area contributed by atoms with E-state index >= 15 is 0 Å². The van der Waals surface area contributed by atoms with Crippen LogP contribution in [0.3, 0.4) is 0 Å². The highest BCUT2D eigenvalue weighted by Crippen LogP contribution is 2.37. The van der Waals surface area contributed by atoms with Crippen LogP contribution >= 0.6 is 0 Å². The SMILES string of the molecule is CN(C)C(=O)[C@H]1CN(Cc2cccc(F)c2F)C[C@@]12CCc1ccccc1C(=O)N2. The number of hydrogen-bond donors (Lipinski definition) is 1. The maximum Gasteiger partial charge on any atom is 0.252 e. The second-order valence-electron chi connectivity index (χ2n) is 8.44. The molecule has 2 aliphatic rings. The van der Waals surface area contributed by atoms with Gasteiger partial charge in [0.1, 0.15) is 0 Å². The Kier molecular flexibility index (Phi) is 5.32. The van der Waals surface area contributed by atoms with Crippen LogP contribution < -0.4 is 5.32 Å². The molecular weight excluding hydrogens is 388 g/mol. The molecule has 0 aliphatic carbocycles. The first-order valence-electron chi connectivity index (χ1n) is 10.1. The van der Waals surface area contributed by atoms with Gasteiger partial charge in [0.25, 0.3) is 5.91 Å². The van der Waals surface area contributed by atoms with Gasteiger partial charge in [-0.2, -0.15) is 0 Å². The zero-order valence-electron chi connectivity index (χ0n) is 17.1. The molecule has 5 nitrogen and oxygen atoms in total. The normalized spacial score (nSPS) is 23.7. The van der Waals surface area contributed by atoms with Gasteiger partial charge in [-0.05, 0) is 30.5 Å². The quantitative estimate of drug-likeness (QED) is 0.842. The second-order valence-corrected chi connectivity index (χ2v) is 8.44. The fraction of sp³-hybridized carbons (Fsp3) is 0.391. The molecule has 1 spiro atoms. The van der Waals surface area contributed by atoms with E-state index in [0.29, 0.717) is 31.5 Å². The van der Waals surface area contributed by atoms with Gasteiger partial charge in [-0.1, -0.05) is 30.3 Å². The Morgan fingerprint density at radius 1 is 1.20 bits per heavy atom. The largest absolute Gasteiger partial charge is 0.348 e. The predicted molar refractivity (Wildman–Crippen MR) is 109 cm³/mol. The number of fused-ring (bicyclic) bond motifs is 1. The van der Waals surface area contributed by atoms with Crippen molar-refractivity contribution in [1.29, 1.82) is 0 Å². The molecule has 2 aliphatic heterocycles. The number of rotatable bonds is 3. The minimum Gasteiger partial charge on any atom is -0.348 e. The molecule has 4 rings (SSSR count). The van der Waals surface area contributed by atoms with E-state index in [1.165, 1.54) is 11.0 Å². The maximum atomic E-state index is 14.2. The van der Waals surface area contributed by atoms with Crippen molar-refractivity contribution in [3.8, 4) is 0 Å². The first-order valence-corrected chi connectivity index (χ1v) is 10.1. The van der Waals surface area contributed by atoms with Crippen molar-refractivity contribution in [3.05, 3.63) is 70.8 Å². The van der Waals surface area contributed by atoms with Crippen LogP contribution in [0.5, 0.6) is 0 Å². The summed E-state index contributed by atoms with van der Waals surface area (Å²) >= 11 is 0. The summed E-state index contributed by atoms with van der Waals surface area (Å²) in [6, 6.07) is 11.6. The first kappa shape index (κ1) is 20.5. The number of aryl methyl sites for hydroxylation is 1. The van der Waals surface area contributed by atoms with Gasteiger partial charge in [0, 0.05) is 44.9 Å². The van der Waals surface area contributed by atoms with Crippen LogP contribution in [0.2, 0.25) is 0 Å². The van der Waals surface area contributed by atoms with Crippen molar-refractivity contribution in [2.75, 3.05) is 27.2 Å². The van der Waals surface area contributed by atoms with Gasteiger partial charge < -0.3 is 10.2 Å². The van der Waals surface area contributed by atoms with E-state index in [9.17, 15) is 18.4 Å². The number of carbonyl (C=O) groups excluding carboxylic acids is 2. The molecule has 7 heteroatoms. The molecule has 1 saturated heterocycles. The van der Waals surface area contributed by atoms with E-state index < -0.39 is 23.1 Å². The Hall–Kier alpha value is -2.80. The van der Waals surface area contributed by atoms with Crippen LogP contribution in [0.25, 0.3) is 0 Å². The molecule has 2 heterocycles. The van der Waals surface area contributed by atoms with Crippen molar-refractivity contribution in [2.45, 2.75) is 24.9 Å². The standard InChI is InChI=1S/C23H25F2N3O2/c1-27(2)22(30)18-13-28(12-16-7-5-9-19(24)20(16)25)14-23(18)11-10-15-6-3-4-8-17(15)21(29)26-23/h3-9,18H,10-14H2,1-2H3,(H,26,29)/t18-,23+/m1/s1. The van der Waals surface area contributed by atoms with Crippen LogP contribution in [0, 0.1) is 17.6 Å². The third-order valence-electron chi connectivity index (χ3n) is 6.24. The number of amides is 2. The van der Waals surface area contributed by atoms with Crippen molar-refractivity contribution in [3.63, 3.8) is 0 Å². The smallest absolute Gasteiger partial charge is 0.252 e. The molecular formula is C23H25F2N3O2. The number of nitrogens with one attached hydrogen (secondary N) is 1. The summed E-state index contributed by atoms with van der Waals surface area (Å²) in [6.07, 6.45) is 1.26. The third-order valence-corrected chi connectivity index (χ3v) is 6.24. The van der Waals surface area contributed by atoms with Gasteiger partial charge in [0.15, 0.2) is 11.6 Å². The van der Waals surface area contributed by atoms with E-state index in [-0.39, 0.29) is 23.9 Å². The second kappa shape index (κ2) is 7.80. The minimum absolute atomic E-state index is 0.0801. The molecule has 2 aromatic rings. The summed E-state index contributed by atoms with van der Waals surface area (Å²) in [5.74, 6) is -2.50. The van der Waals surface area contributed by atoms with E-state index in [0.717, 1.165) is 11.6 Å². The van der Waals surface area contributed by atoms with Crippen molar-refractivity contribution in [2.24, 2.45) is 5.92 Å². The summed E-state index contributed by atoms with van der Waals surface area (Å²) in [4.78, 5) is 29.5. The predicted octanol–water partition coefficient (Wildman–Crippen LogP) is 2.60. The number of nitrogens with zero attached hydrogens (tertiary/aromatic N) is 2. The molecule has 1 N–H and O–H groups in total. The van der Waals surface area contributed by atoms with Gasteiger partial charge in [-0.15, -0.1) is 0 Å². The number of hydrogen-bond acceptors (Lipinski definition) is 3. The highest BCUT2D eigenvalue weighted by Gasteiger charge is 2.52. The lowest BCUT2D eigenvalue weighted by molar-refractivity contribution is -0.134. The minimum atomic E-state index is -0.888. The monoisotopic (exact) mass is 413 g/mol. The Morgan fingerprint density at radius 3 is 2.73 bits per heavy atom. The Labute approximate surface area is 174 Å². The fourth-order valence-corrected chi connectivity index (χ4v) is 4.72. The lowest BCUT2D eigenvalue weighted by Gasteiger charge is -2.35. The summed E-state index contributed by atoms with van der Waals surface area (Å²) in [5, 5.41) is 3.14. The Bertz CT molecular complexity index is 994. The van der Waals surface area contributed by atoms with Crippen molar-refractivity contribution in [1.82, 2.24) is 15.1 Å². The molecule has 0 aromatic heterocycles. The zero-order chi connectivity index (χ0) is 21.5. The van der Waals surface area contributed by atoms with Gasteiger partial charge in [-0.3, -0.25) is 14.5 Å². The molecule has 2 amide bonds. The highest BCUT2D eigenvalue weighted by molar-refractivity contribution is 5.97. The van der Waals surface area contributed by atoms with Gasteiger partial charge in [0.05, 0.1) is 11.5 Å². The topological polar surface area (TPSA) is 52.7 Å². The highest BCUT2D eigenvalue weighted by atomic mass is 19.2. The number of benzene rings is 2. The van der Waals surface area contributed by atoms with Crippen LogP contribution in [0.4, 0.5) is 8.78 Å². The van der Waals surface area contributed by atoms with E-state index in [1.807, 2.05) is 23.1 Å². The average molecular weight is 413 g/mol. The summed E-state index contributed by atoms with van der Waals surface area (Å²) in [6.45, 7) is 0.932. The van der Waals surface area contributed by atoms with Crippen LogP contribution in [-0.2, 0) is 17.8 Å². The van der Waals surface area contributed by atoms with Crippen LogP contribution in [-0.4, -0.2) is 54.3 Å². The van der Waals surface area contributed by atoms with E-state index in [4.69, 9.17) is 0 Å². The van der Waals surface area contributed by atoms with Crippen LogP contribution in [0.1, 0.15) is 27.9 Å². The molecule has 2 atom stereocenters. The summed E-state index contributed by atoms with van der Waals surface area (Å²) < 4.78 is 27.9. The van der Waals surface area contributed by atoms with E-state index in [1.54, 1.807) is 26.2 Å². The third kappa shape index (κ3) is 3.58. The first-order chi connectivity index (χ1) is 14.3. The van der Waals surface area contributed by atoms with E-state index in [2.05, 4.69) is 5.32 Å². The molecule has 158 valence electrons. The van der Waals surface area contributed by atoms with Crippen molar-refractivity contribution < 1.29 is 18.4 Å². The summed E-state index contributed by atoms with van der Waals surface area (Å²) in [5.41, 5.74) is 1.06. The van der Waals surface area contributed by atoms with Gasteiger partial charge >= 0.3 is 0 Å². The van der Waals surface area contributed by atoms with Crippen LogP contribution in [0.15, 0.2) is 42.5 Å². The molecule has 30 heavy (non-hydrogen) atoms. The molecule has 1 fully saturated rings. The lowest BCUT2D eigenvalue weighted by atomic mass is 9.81. The zero-order valence-corrected chi connectivity index (χ0v) is 17.1. The fourth-order valence-electron chi connectivity index (χ4n) is 4.72. The average Bonchev–Trinajstić information content (AvgIpc) is 2.99. The number of carbonyl (C=O) groups is 2. The molecule has 2 aromatic carbocycles. The summed E-state index contributed by atoms with van der Waals surface area (Å²) in [7, 11) is 3.39. The lowest BCUT2D eigenvalue weighted by Crippen LogP contribution is -2.57. The molecule has 0 bridgehead atoms. The molecule has 0 unspecified atom stereocenters. The maximum absolute atomic E-state index is 14.2. The molecule has 0 radical (unpaired) electrons. The van der Waals surface area contributed by atoms with Gasteiger partial charge in [0.2, 0.25) is 5.91 Å². The number of likely N-dealkylation sites (tertiary alicyclic amines) is 1. The number of halogens is 2. The Balaban J connectivity index is 1.66. The van der Waals surface area contributed by atoms with Crippen molar-refractivity contribution >= 4 is 11.8 Å². The van der Waals surface area contributed by atoms with Gasteiger partial charge in [-0.25, -0.2) is 8.78 Å². The Morgan fingerprint density at radius 2 is 1.97 bits per heavy atom.